The van der Waals surface area contributed by atoms with Crippen LogP contribution in [0.5, 0.6) is 0 Å². The number of piperidine rings is 1. The molecule has 2 nitrogen and oxygen atoms in total. The zero-order valence-electron chi connectivity index (χ0n) is 13.2. The average molecular weight is 272 g/mol. The van der Waals surface area contributed by atoms with Gasteiger partial charge in [-0.1, -0.05) is 32.9 Å². The van der Waals surface area contributed by atoms with E-state index in [1.165, 1.54) is 50.3 Å². The zero-order chi connectivity index (χ0) is 14.2. The Morgan fingerprint density at radius 1 is 1.25 bits per heavy atom. The molecule has 0 atom stereocenters. The first-order valence-corrected chi connectivity index (χ1v) is 8.24. The van der Waals surface area contributed by atoms with Gasteiger partial charge in [0.05, 0.1) is 0 Å². The van der Waals surface area contributed by atoms with E-state index in [2.05, 4.69) is 49.2 Å². The highest BCUT2D eigenvalue weighted by Gasteiger charge is 2.43. The van der Waals surface area contributed by atoms with E-state index in [4.69, 9.17) is 0 Å². The molecular formula is C18H28N2. The van der Waals surface area contributed by atoms with Gasteiger partial charge in [-0.25, -0.2) is 0 Å². The van der Waals surface area contributed by atoms with Crippen molar-refractivity contribution in [1.29, 1.82) is 0 Å². The van der Waals surface area contributed by atoms with Crippen molar-refractivity contribution < 1.29 is 0 Å². The second-order valence-electron chi connectivity index (χ2n) is 7.01. The third kappa shape index (κ3) is 2.35. The lowest BCUT2D eigenvalue weighted by Gasteiger charge is -2.35. The summed E-state index contributed by atoms with van der Waals surface area (Å²) in [6, 6.07) is 7.21. The highest BCUT2D eigenvalue weighted by atomic mass is 15.2. The third-order valence-electron chi connectivity index (χ3n) is 5.02. The van der Waals surface area contributed by atoms with Crippen LogP contribution in [0, 0.1) is 5.92 Å². The molecule has 0 radical (unpaired) electrons. The van der Waals surface area contributed by atoms with E-state index in [0.717, 1.165) is 12.3 Å². The van der Waals surface area contributed by atoms with Gasteiger partial charge in [-0.15, -0.1) is 0 Å². The Hall–Kier alpha value is -1.02. The molecule has 2 heterocycles. The molecule has 0 aromatic heterocycles. The molecule has 1 N–H and O–H groups in total. The average Bonchev–Trinajstić information content (AvgIpc) is 2.72. The van der Waals surface area contributed by atoms with E-state index in [1.54, 1.807) is 5.56 Å². The monoisotopic (exact) mass is 272 g/mol. The summed E-state index contributed by atoms with van der Waals surface area (Å²) < 4.78 is 0. The summed E-state index contributed by atoms with van der Waals surface area (Å²) in [5.74, 6) is 0.727. The molecule has 0 aliphatic carbocycles. The second kappa shape index (κ2) is 5.40. The largest absolute Gasteiger partial charge is 0.370 e. The number of aryl methyl sites for hydroxylation is 1. The molecule has 1 saturated heterocycles. The van der Waals surface area contributed by atoms with E-state index in [-0.39, 0.29) is 0 Å². The molecule has 2 aliphatic heterocycles. The fourth-order valence-corrected chi connectivity index (χ4v) is 3.98. The Balaban J connectivity index is 1.99. The van der Waals surface area contributed by atoms with Crippen molar-refractivity contribution >= 4 is 5.69 Å². The van der Waals surface area contributed by atoms with Gasteiger partial charge in [-0.2, -0.15) is 0 Å². The number of rotatable bonds is 3. The van der Waals surface area contributed by atoms with Gasteiger partial charge >= 0.3 is 0 Å². The van der Waals surface area contributed by atoms with Gasteiger partial charge in [-0.3, -0.25) is 0 Å². The number of fused-ring (bicyclic) bond motifs is 2. The Labute approximate surface area is 123 Å². The van der Waals surface area contributed by atoms with Crippen molar-refractivity contribution in [3.63, 3.8) is 0 Å². The molecule has 2 aliphatic rings. The van der Waals surface area contributed by atoms with E-state index < -0.39 is 0 Å². The van der Waals surface area contributed by atoms with Gasteiger partial charge < -0.3 is 10.2 Å². The molecule has 1 aromatic carbocycles. The van der Waals surface area contributed by atoms with Crippen LogP contribution < -0.4 is 10.2 Å². The third-order valence-corrected chi connectivity index (χ3v) is 5.02. The van der Waals surface area contributed by atoms with E-state index in [1.807, 2.05) is 0 Å². The van der Waals surface area contributed by atoms with Crippen LogP contribution in [0.15, 0.2) is 18.2 Å². The van der Waals surface area contributed by atoms with Crippen molar-refractivity contribution in [1.82, 2.24) is 5.32 Å². The van der Waals surface area contributed by atoms with Crippen LogP contribution in [0.2, 0.25) is 0 Å². The summed E-state index contributed by atoms with van der Waals surface area (Å²) in [4.78, 5) is 2.64. The predicted octanol–water partition coefficient (Wildman–Crippen LogP) is 3.35. The molecule has 2 heteroatoms. The minimum atomic E-state index is 0.417. The lowest BCUT2D eigenvalue weighted by atomic mass is 9.74. The number of nitrogens with one attached hydrogen (secondary N) is 1. The molecule has 1 aromatic rings. The maximum Gasteiger partial charge on any atom is 0.0405 e. The van der Waals surface area contributed by atoms with Gasteiger partial charge in [0.1, 0.15) is 0 Å². The Bertz CT molecular complexity index is 472. The first-order chi connectivity index (χ1) is 9.64. The Morgan fingerprint density at radius 2 is 2.00 bits per heavy atom. The van der Waals surface area contributed by atoms with Crippen molar-refractivity contribution in [2.24, 2.45) is 5.92 Å². The minimum Gasteiger partial charge on any atom is -0.370 e. The zero-order valence-corrected chi connectivity index (χ0v) is 13.2. The summed E-state index contributed by atoms with van der Waals surface area (Å²) in [5.41, 5.74) is 5.06. The van der Waals surface area contributed by atoms with Crippen molar-refractivity contribution in [2.75, 3.05) is 31.1 Å². The maximum atomic E-state index is 3.53. The molecular weight excluding hydrogens is 244 g/mol. The van der Waals surface area contributed by atoms with Crippen LogP contribution in [-0.2, 0) is 11.8 Å². The predicted molar refractivity (Wildman–Crippen MR) is 86.7 cm³/mol. The van der Waals surface area contributed by atoms with Crippen LogP contribution in [0.1, 0.15) is 44.7 Å². The van der Waals surface area contributed by atoms with E-state index in [0.29, 0.717) is 5.41 Å². The van der Waals surface area contributed by atoms with Crippen LogP contribution >= 0.6 is 0 Å². The molecule has 3 rings (SSSR count). The van der Waals surface area contributed by atoms with Gasteiger partial charge in [0.15, 0.2) is 0 Å². The molecule has 1 spiro atoms. The summed E-state index contributed by atoms with van der Waals surface area (Å²) in [6.07, 6.45) is 3.73. The second-order valence-corrected chi connectivity index (χ2v) is 7.01. The highest BCUT2D eigenvalue weighted by molar-refractivity contribution is 5.64. The lowest BCUT2D eigenvalue weighted by Crippen LogP contribution is -2.43. The van der Waals surface area contributed by atoms with Crippen LogP contribution in [0.4, 0.5) is 5.69 Å². The first kappa shape index (κ1) is 13.9. The SMILES string of the molecule is CCc1ccc2c(c1)C1(CCNCC1)CN2CC(C)C. The Morgan fingerprint density at radius 3 is 2.65 bits per heavy atom. The van der Waals surface area contributed by atoms with Crippen LogP contribution in [0.25, 0.3) is 0 Å². The number of nitrogens with zero attached hydrogens (tertiary/aromatic N) is 1. The Kier molecular flexibility index (Phi) is 3.76. The smallest absolute Gasteiger partial charge is 0.0405 e. The number of benzene rings is 1. The summed E-state index contributed by atoms with van der Waals surface area (Å²) in [5, 5.41) is 3.53. The van der Waals surface area contributed by atoms with E-state index in [9.17, 15) is 0 Å². The molecule has 110 valence electrons. The van der Waals surface area contributed by atoms with Gasteiger partial charge in [0.25, 0.3) is 0 Å². The summed E-state index contributed by atoms with van der Waals surface area (Å²) in [6.45, 7) is 11.7. The van der Waals surface area contributed by atoms with Crippen LogP contribution in [0.3, 0.4) is 0 Å². The van der Waals surface area contributed by atoms with Gasteiger partial charge in [-0.05, 0) is 55.5 Å². The van der Waals surface area contributed by atoms with Crippen molar-refractivity contribution in [2.45, 2.75) is 45.4 Å². The van der Waals surface area contributed by atoms with Crippen LogP contribution in [-0.4, -0.2) is 26.2 Å². The normalized spacial score (nSPS) is 20.7. The summed E-state index contributed by atoms with van der Waals surface area (Å²) >= 11 is 0. The molecule has 0 saturated carbocycles. The topological polar surface area (TPSA) is 15.3 Å². The number of anilines is 1. The molecule has 1 fully saturated rings. The standard InChI is InChI=1S/C18H28N2/c1-4-15-5-6-17-16(11-15)18(7-9-19-10-8-18)13-20(17)12-14(2)3/h5-6,11,14,19H,4,7-10,12-13H2,1-3H3. The fourth-order valence-electron chi connectivity index (χ4n) is 3.98. The quantitative estimate of drug-likeness (QED) is 0.908. The highest BCUT2D eigenvalue weighted by Crippen LogP contribution is 2.46. The minimum absolute atomic E-state index is 0.417. The number of hydrogen-bond acceptors (Lipinski definition) is 2. The number of hydrogen-bond donors (Lipinski definition) is 1. The molecule has 0 amide bonds. The first-order valence-electron chi connectivity index (χ1n) is 8.24. The fraction of sp³-hybridized carbons (Fsp3) is 0.667. The molecule has 20 heavy (non-hydrogen) atoms. The summed E-state index contributed by atoms with van der Waals surface area (Å²) in [7, 11) is 0. The lowest BCUT2D eigenvalue weighted by molar-refractivity contribution is 0.323. The van der Waals surface area contributed by atoms with Crippen molar-refractivity contribution in [3.8, 4) is 0 Å². The maximum absolute atomic E-state index is 3.53. The molecule has 0 unspecified atom stereocenters. The van der Waals surface area contributed by atoms with E-state index >= 15 is 0 Å². The van der Waals surface area contributed by atoms with Gasteiger partial charge in [0, 0.05) is 24.2 Å². The molecule has 0 bridgehead atoms. The van der Waals surface area contributed by atoms with Crippen molar-refractivity contribution in [3.05, 3.63) is 29.3 Å². The van der Waals surface area contributed by atoms with Gasteiger partial charge in [0.2, 0.25) is 0 Å².